The van der Waals surface area contributed by atoms with Gasteiger partial charge in [0.1, 0.15) is 23.9 Å². The molecule has 1 N–H and O–H groups in total. The van der Waals surface area contributed by atoms with Gasteiger partial charge in [-0.15, -0.1) is 0 Å². The summed E-state index contributed by atoms with van der Waals surface area (Å²) >= 11 is 0. The fraction of sp³-hybridized carbons (Fsp3) is 0.136. The molecule has 0 radical (unpaired) electrons. The van der Waals surface area contributed by atoms with Crippen LogP contribution in [0.5, 0.6) is 11.5 Å². The summed E-state index contributed by atoms with van der Waals surface area (Å²) in [4.78, 5) is 36.1. The first-order chi connectivity index (χ1) is 14.6. The van der Waals surface area contributed by atoms with Crippen molar-refractivity contribution in [1.29, 1.82) is 0 Å². The van der Waals surface area contributed by atoms with Gasteiger partial charge in [0, 0.05) is 0 Å². The molecule has 30 heavy (non-hydrogen) atoms. The summed E-state index contributed by atoms with van der Waals surface area (Å²) in [5.41, 5.74) is 0.189. The van der Waals surface area contributed by atoms with Crippen molar-refractivity contribution >= 4 is 17.8 Å². The number of benzene rings is 2. The summed E-state index contributed by atoms with van der Waals surface area (Å²) in [6.07, 6.45) is 0. The van der Waals surface area contributed by atoms with Gasteiger partial charge in [-0.25, -0.2) is 4.79 Å². The van der Waals surface area contributed by atoms with E-state index >= 15 is 0 Å². The molecule has 0 saturated heterocycles. The lowest BCUT2D eigenvalue weighted by Gasteiger charge is -2.08. The van der Waals surface area contributed by atoms with Crippen molar-refractivity contribution in [3.63, 3.8) is 0 Å². The van der Waals surface area contributed by atoms with Gasteiger partial charge in [-0.2, -0.15) is 0 Å². The molecule has 0 fully saturated rings. The normalized spacial score (nSPS) is 10.2. The zero-order valence-corrected chi connectivity index (χ0v) is 16.1. The molecule has 0 aliphatic heterocycles. The highest BCUT2D eigenvalue weighted by atomic mass is 16.6. The number of hydrogen-bond donors (Lipinski definition) is 1. The van der Waals surface area contributed by atoms with Crippen LogP contribution >= 0.6 is 0 Å². The number of nitrogens with one attached hydrogen (secondary N) is 1. The topological polar surface area (TPSA) is 104 Å². The van der Waals surface area contributed by atoms with Crippen molar-refractivity contribution in [3.8, 4) is 11.5 Å². The Labute approximate surface area is 172 Å². The molecule has 2 amide bonds. The van der Waals surface area contributed by atoms with Gasteiger partial charge in [-0.05, 0) is 36.4 Å². The Morgan fingerprint density at radius 1 is 0.933 bits per heavy atom. The van der Waals surface area contributed by atoms with Crippen LogP contribution in [-0.2, 0) is 16.1 Å². The van der Waals surface area contributed by atoms with Crippen LogP contribution < -0.4 is 14.8 Å². The molecule has 0 atom stereocenters. The zero-order chi connectivity index (χ0) is 21.3. The van der Waals surface area contributed by atoms with Crippen LogP contribution in [0.2, 0.25) is 0 Å². The molecule has 0 aliphatic carbocycles. The smallest absolute Gasteiger partial charge is 0.374 e. The molecule has 154 valence electrons. The molecule has 8 heteroatoms. The Kier molecular flexibility index (Phi) is 6.83. The van der Waals surface area contributed by atoms with Crippen molar-refractivity contribution in [1.82, 2.24) is 5.32 Å². The third kappa shape index (κ3) is 5.48. The molecule has 0 spiro atoms. The van der Waals surface area contributed by atoms with Crippen LogP contribution in [0.4, 0.5) is 0 Å². The number of furan rings is 1. The van der Waals surface area contributed by atoms with E-state index in [0.717, 1.165) is 0 Å². The highest BCUT2D eigenvalue weighted by Crippen LogP contribution is 2.17. The maximum absolute atomic E-state index is 12.2. The van der Waals surface area contributed by atoms with Gasteiger partial charge in [0.25, 0.3) is 11.8 Å². The summed E-state index contributed by atoms with van der Waals surface area (Å²) in [6.45, 7) is -0.512. The van der Waals surface area contributed by atoms with Gasteiger partial charge in [-0.1, -0.05) is 30.3 Å². The number of para-hydroxylation sites is 2. The van der Waals surface area contributed by atoms with Gasteiger partial charge in [0.2, 0.25) is 5.76 Å². The Hall–Kier alpha value is -4.07. The minimum atomic E-state index is -0.833. The second-order valence-corrected chi connectivity index (χ2v) is 6.02. The average Bonchev–Trinajstić information content (AvgIpc) is 3.26. The van der Waals surface area contributed by atoms with Crippen LogP contribution in [0.1, 0.15) is 26.7 Å². The second kappa shape index (κ2) is 9.92. The molecular weight excluding hydrogens is 390 g/mol. The van der Waals surface area contributed by atoms with Gasteiger partial charge in [0.05, 0.1) is 12.7 Å². The number of rotatable bonds is 8. The first-order valence-corrected chi connectivity index (χ1v) is 8.97. The Morgan fingerprint density at radius 2 is 1.67 bits per heavy atom. The Bertz CT molecular complexity index is 1030. The Balaban J connectivity index is 1.47. The first-order valence-electron chi connectivity index (χ1n) is 8.97. The quantitative estimate of drug-likeness (QED) is 0.570. The predicted molar refractivity (Wildman–Crippen MR) is 105 cm³/mol. The molecule has 0 saturated carbocycles. The largest absolute Gasteiger partial charge is 0.496 e. The molecular formula is C22H19NO7. The van der Waals surface area contributed by atoms with Gasteiger partial charge >= 0.3 is 5.97 Å². The zero-order valence-electron chi connectivity index (χ0n) is 16.1. The lowest BCUT2D eigenvalue weighted by Crippen LogP contribution is -2.34. The monoisotopic (exact) mass is 409 g/mol. The van der Waals surface area contributed by atoms with Gasteiger partial charge in [-0.3, -0.25) is 14.9 Å². The van der Waals surface area contributed by atoms with Crippen LogP contribution in [-0.4, -0.2) is 31.5 Å². The number of amides is 2. The molecule has 2 aromatic carbocycles. The highest BCUT2D eigenvalue weighted by Gasteiger charge is 2.18. The van der Waals surface area contributed by atoms with Gasteiger partial charge in [0.15, 0.2) is 6.61 Å². The van der Waals surface area contributed by atoms with E-state index in [-0.39, 0.29) is 17.9 Å². The maximum Gasteiger partial charge on any atom is 0.374 e. The fourth-order valence-corrected chi connectivity index (χ4v) is 2.50. The van der Waals surface area contributed by atoms with Crippen molar-refractivity contribution in [2.75, 3.05) is 13.7 Å². The minimum absolute atomic E-state index is 0.0782. The van der Waals surface area contributed by atoms with Crippen molar-refractivity contribution in [3.05, 3.63) is 83.8 Å². The molecule has 0 bridgehead atoms. The third-order valence-corrected chi connectivity index (χ3v) is 3.93. The summed E-state index contributed by atoms with van der Waals surface area (Å²) in [7, 11) is 1.41. The Morgan fingerprint density at radius 3 is 2.43 bits per heavy atom. The number of ether oxygens (including phenoxy) is 3. The summed E-state index contributed by atoms with van der Waals surface area (Å²) in [5, 5.41) is 2.14. The first kappa shape index (κ1) is 20.7. The maximum atomic E-state index is 12.2. The number of hydrogen-bond acceptors (Lipinski definition) is 7. The van der Waals surface area contributed by atoms with E-state index in [4.69, 9.17) is 18.6 Å². The lowest BCUT2D eigenvalue weighted by atomic mass is 10.2. The van der Waals surface area contributed by atoms with Crippen LogP contribution in [0.3, 0.4) is 0 Å². The molecule has 0 aliphatic rings. The van der Waals surface area contributed by atoms with E-state index in [1.165, 1.54) is 19.2 Å². The number of imide groups is 1. The average molecular weight is 409 g/mol. The summed E-state index contributed by atoms with van der Waals surface area (Å²) in [5.74, 6) is -0.951. The molecule has 3 aromatic rings. The van der Waals surface area contributed by atoms with E-state index in [1.54, 1.807) is 36.4 Å². The molecule has 1 aromatic heterocycles. The van der Waals surface area contributed by atoms with E-state index in [0.29, 0.717) is 17.3 Å². The predicted octanol–water partition coefficient (Wildman–Crippen LogP) is 2.98. The van der Waals surface area contributed by atoms with E-state index in [2.05, 4.69) is 5.32 Å². The lowest BCUT2D eigenvalue weighted by molar-refractivity contribution is -0.123. The highest BCUT2D eigenvalue weighted by molar-refractivity contribution is 6.06. The van der Waals surface area contributed by atoms with Crippen LogP contribution in [0, 0.1) is 0 Å². The molecule has 1 heterocycles. The molecule has 0 unspecified atom stereocenters. The molecule has 3 rings (SSSR count). The summed E-state index contributed by atoms with van der Waals surface area (Å²) in [6, 6.07) is 18.6. The van der Waals surface area contributed by atoms with Gasteiger partial charge < -0.3 is 18.6 Å². The number of esters is 1. The van der Waals surface area contributed by atoms with Crippen molar-refractivity contribution < 1.29 is 33.0 Å². The molecule has 8 nitrogen and oxygen atoms in total. The number of methoxy groups -OCH3 is 1. The van der Waals surface area contributed by atoms with Crippen molar-refractivity contribution in [2.45, 2.75) is 6.61 Å². The van der Waals surface area contributed by atoms with E-state index in [9.17, 15) is 14.4 Å². The van der Waals surface area contributed by atoms with E-state index in [1.807, 2.05) is 18.2 Å². The minimum Gasteiger partial charge on any atom is -0.496 e. The standard InChI is InChI=1S/C22H19NO7/c1-27-18-10-6-5-9-17(18)21(25)23-20(24)14-29-22(26)19-12-11-16(30-19)13-28-15-7-3-2-4-8-15/h2-12H,13-14H2,1H3,(H,23,24,25). The van der Waals surface area contributed by atoms with Crippen LogP contribution in [0.25, 0.3) is 0 Å². The van der Waals surface area contributed by atoms with E-state index < -0.39 is 24.4 Å². The SMILES string of the molecule is COc1ccccc1C(=O)NC(=O)COC(=O)c1ccc(COc2ccccc2)o1. The fourth-order valence-electron chi connectivity index (χ4n) is 2.50. The number of carbonyl (C=O) groups is 3. The number of carbonyl (C=O) groups excluding carboxylic acids is 3. The summed E-state index contributed by atoms with van der Waals surface area (Å²) < 4.78 is 20.9. The second-order valence-electron chi connectivity index (χ2n) is 6.02. The third-order valence-electron chi connectivity index (χ3n) is 3.93. The van der Waals surface area contributed by atoms with Crippen LogP contribution in [0.15, 0.2) is 71.1 Å². The van der Waals surface area contributed by atoms with Crippen molar-refractivity contribution in [2.24, 2.45) is 0 Å².